The number of rotatable bonds is 4. The van der Waals surface area contributed by atoms with Crippen LogP contribution in [0, 0.1) is 0 Å². The van der Waals surface area contributed by atoms with E-state index in [1.807, 2.05) is 18.2 Å². The summed E-state index contributed by atoms with van der Waals surface area (Å²) in [6.07, 6.45) is 1.08. The average molecular weight is 214 g/mol. The molecule has 1 aromatic rings. The number of nitrogens with one attached hydrogen (secondary N) is 1. The zero-order valence-corrected chi connectivity index (χ0v) is 9.30. The topological polar surface area (TPSA) is 32.3 Å². The molecule has 0 saturated carbocycles. The third kappa shape index (κ3) is 2.71. The molecule has 14 heavy (non-hydrogen) atoms. The van der Waals surface area contributed by atoms with Gasteiger partial charge in [-0.2, -0.15) is 0 Å². The lowest BCUT2D eigenvalue weighted by Crippen LogP contribution is -2.06. The molecule has 3 heteroatoms. The maximum absolute atomic E-state index is 8.54. The standard InChI is InChI=1S/C11H16ClNO/c1-3-8(2)10-5-4-9(7-13-14)6-11(10)12/h4-6,8,13-14H,3,7H2,1-2H3. The van der Waals surface area contributed by atoms with E-state index in [0.29, 0.717) is 12.5 Å². The smallest absolute Gasteiger partial charge is 0.0458 e. The van der Waals surface area contributed by atoms with Crippen LogP contribution < -0.4 is 5.48 Å². The molecular weight excluding hydrogens is 198 g/mol. The number of benzene rings is 1. The molecule has 0 amide bonds. The van der Waals surface area contributed by atoms with Crippen LogP contribution in [0.15, 0.2) is 18.2 Å². The first-order chi connectivity index (χ1) is 6.69. The molecule has 0 aliphatic rings. The molecule has 0 aromatic heterocycles. The average Bonchev–Trinajstić information content (AvgIpc) is 2.17. The van der Waals surface area contributed by atoms with Crippen molar-refractivity contribution in [1.82, 2.24) is 5.48 Å². The van der Waals surface area contributed by atoms with Gasteiger partial charge in [-0.25, -0.2) is 5.48 Å². The van der Waals surface area contributed by atoms with Gasteiger partial charge >= 0.3 is 0 Å². The molecule has 0 heterocycles. The summed E-state index contributed by atoms with van der Waals surface area (Å²) in [4.78, 5) is 0. The Labute approximate surface area is 89.9 Å². The molecule has 1 unspecified atom stereocenters. The summed E-state index contributed by atoms with van der Waals surface area (Å²) in [5.41, 5.74) is 4.28. The van der Waals surface area contributed by atoms with E-state index in [9.17, 15) is 0 Å². The van der Waals surface area contributed by atoms with E-state index in [1.54, 1.807) is 0 Å². The Kier molecular flexibility index (Phi) is 4.39. The van der Waals surface area contributed by atoms with Gasteiger partial charge in [-0.05, 0) is 29.5 Å². The Hall–Kier alpha value is -0.570. The molecule has 1 rings (SSSR count). The van der Waals surface area contributed by atoms with Gasteiger partial charge in [-0.3, -0.25) is 0 Å². The highest BCUT2D eigenvalue weighted by molar-refractivity contribution is 6.31. The first kappa shape index (κ1) is 11.5. The monoisotopic (exact) mass is 213 g/mol. The Morgan fingerprint density at radius 1 is 1.50 bits per heavy atom. The van der Waals surface area contributed by atoms with E-state index in [0.717, 1.165) is 17.0 Å². The molecule has 0 bridgehead atoms. The van der Waals surface area contributed by atoms with Crippen molar-refractivity contribution in [2.24, 2.45) is 0 Å². The number of hydrogen-bond acceptors (Lipinski definition) is 2. The zero-order chi connectivity index (χ0) is 10.6. The van der Waals surface area contributed by atoms with Crippen molar-refractivity contribution in [3.63, 3.8) is 0 Å². The lowest BCUT2D eigenvalue weighted by Gasteiger charge is -2.12. The quantitative estimate of drug-likeness (QED) is 0.752. The van der Waals surface area contributed by atoms with Gasteiger partial charge in [0.25, 0.3) is 0 Å². The largest absolute Gasteiger partial charge is 0.316 e. The first-order valence-electron chi connectivity index (χ1n) is 4.84. The SMILES string of the molecule is CCC(C)c1ccc(CNO)cc1Cl. The van der Waals surface area contributed by atoms with Crippen LogP contribution in [0.2, 0.25) is 5.02 Å². The van der Waals surface area contributed by atoms with Crippen LogP contribution in [-0.4, -0.2) is 5.21 Å². The number of hydrogen-bond donors (Lipinski definition) is 2. The molecule has 0 aliphatic heterocycles. The van der Waals surface area contributed by atoms with Crippen LogP contribution in [0.3, 0.4) is 0 Å². The van der Waals surface area contributed by atoms with Crippen molar-refractivity contribution < 1.29 is 5.21 Å². The third-order valence-corrected chi connectivity index (χ3v) is 2.82. The fourth-order valence-corrected chi connectivity index (χ4v) is 1.78. The van der Waals surface area contributed by atoms with Gasteiger partial charge in [0.1, 0.15) is 0 Å². The highest BCUT2D eigenvalue weighted by Gasteiger charge is 2.07. The molecule has 78 valence electrons. The molecule has 0 fully saturated rings. The highest BCUT2D eigenvalue weighted by atomic mass is 35.5. The minimum Gasteiger partial charge on any atom is -0.316 e. The Balaban J connectivity index is 2.89. The minimum absolute atomic E-state index is 0.431. The van der Waals surface area contributed by atoms with E-state index in [-0.39, 0.29) is 0 Å². The molecule has 0 spiro atoms. The molecule has 0 saturated heterocycles. The number of halogens is 1. The molecule has 0 radical (unpaired) electrons. The zero-order valence-electron chi connectivity index (χ0n) is 8.55. The molecule has 0 aliphatic carbocycles. The summed E-state index contributed by atoms with van der Waals surface area (Å²) in [7, 11) is 0. The van der Waals surface area contributed by atoms with Crippen molar-refractivity contribution >= 4 is 11.6 Å². The Morgan fingerprint density at radius 3 is 2.71 bits per heavy atom. The summed E-state index contributed by atoms with van der Waals surface area (Å²) in [6, 6.07) is 5.91. The van der Waals surface area contributed by atoms with Gasteiger partial charge in [0, 0.05) is 11.6 Å². The highest BCUT2D eigenvalue weighted by Crippen LogP contribution is 2.27. The van der Waals surface area contributed by atoms with Crippen LogP contribution in [-0.2, 0) is 6.54 Å². The van der Waals surface area contributed by atoms with E-state index in [1.165, 1.54) is 5.56 Å². The molecule has 2 N–H and O–H groups in total. The summed E-state index contributed by atoms with van der Waals surface area (Å²) in [5.74, 6) is 0.485. The van der Waals surface area contributed by atoms with Crippen LogP contribution in [0.4, 0.5) is 0 Å². The second-order valence-corrected chi connectivity index (χ2v) is 3.91. The first-order valence-corrected chi connectivity index (χ1v) is 5.22. The maximum atomic E-state index is 8.54. The minimum atomic E-state index is 0.431. The fourth-order valence-electron chi connectivity index (χ4n) is 1.39. The van der Waals surface area contributed by atoms with Crippen LogP contribution >= 0.6 is 11.6 Å². The van der Waals surface area contributed by atoms with E-state index >= 15 is 0 Å². The second kappa shape index (κ2) is 5.35. The molecule has 2 nitrogen and oxygen atoms in total. The van der Waals surface area contributed by atoms with Crippen molar-refractivity contribution in [2.45, 2.75) is 32.7 Å². The summed E-state index contributed by atoms with van der Waals surface area (Å²) < 4.78 is 0. The van der Waals surface area contributed by atoms with Gasteiger partial charge < -0.3 is 5.21 Å². The summed E-state index contributed by atoms with van der Waals surface area (Å²) in [5, 5.41) is 9.33. The molecule has 1 atom stereocenters. The lowest BCUT2D eigenvalue weighted by molar-refractivity contribution is 0.161. The Bertz CT molecular complexity index is 301. The van der Waals surface area contributed by atoms with Crippen LogP contribution in [0.5, 0.6) is 0 Å². The fraction of sp³-hybridized carbons (Fsp3) is 0.455. The number of hydroxylamine groups is 1. The third-order valence-electron chi connectivity index (χ3n) is 2.49. The van der Waals surface area contributed by atoms with Gasteiger partial charge in [0.15, 0.2) is 0 Å². The van der Waals surface area contributed by atoms with Gasteiger partial charge in [-0.1, -0.05) is 37.6 Å². The van der Waals surface area contributed by atoms with Crippen molar-refractivity contribution in [3.8, 4) is 0 Å². The Morgan fingerprint density at radius 2 is 2.21 bits per heavy atom. The van der Waals surface area contributed by atoms with Crippen molar-refractivity contribution in [1.29, 1.82) is 0 Å². The summed E-state index contributed by atoms with van der Waals surface area (Å²) in [6.45, 7) is 4.73. The van der Waals surface area contributed by atoms with Crippen LogP contribution in [0.25, 0.3) is 0 Å². The van der Waals surface area contributed by atoms with Gasteiger partial charge in [0.2, 0.25) is 0 Å². The van der Waals surface area contributed by atoms with Crippen molar-refractivity contribution in [3.05, 3.63) is 34.3 Å². The summed E-state index contributed by atoms with van der Waals surface area (Å²) >= 11 is 6.13. The van der Waals surface area contributed by atoms with Crippen LogP contribution in [0.1, 0.15) is 37.3 Å². The molecule has 1 aromatic carbocycles. The van der Waals surface area contributed by atoms with E-state index in [4.69, 9.17) is 16.8 Å². The molecular formula is C11H16ClNO. The lowest BCUT2D eigenvalue weighted by atomic mass is 9.97. The van der Waals surface area contributed by atoms with E-state index < -0.39 is 0 Å². The van der Waals surface area contributed by atoms with Gasteiger partial charge in [0.05, 0.1) is 0 Å². The van der Waals surface area contributed by atoms with Gasteiger partial charge in [-0.15, -0.1) is 0 Å². The van der Waals surface area contributed by atoms with E-state index in [2.05, 4.69) is 19.3 Å². The predicted molar refractivity (Wildman–Crippen MR) is 58.8 cm³/mol. The predicted octanol–water partition coefficient (Wildman–Crippen LogP) is 3.33. The van der Waals surface area contributed by atoms with Crippen molar-refractivity contribution in [2.75, 3.05) is 0 Å². The second-order valence-electron chi connectivity index (χ2n) is 3.50. The maximum Gasteiger partial charge on any atom is 0.0458 e. The normalized spacial score (nSPS) is 12.9.